The first-order valence-electron chi connectivity index (χ1n) is 4.29. The summed E-state index contributed by atoms with van der Waals surface area (Å²) in [6.45, 7) is 7.08. The van der Waals surface area contributed by atoms with Crippen LogP contribution in [0.15, 0.2) is 22.3 Å². The van der Waals surface area contributed by atoms with Crippen LogP contribution in [0.5, 0.6) is 0 Å². The number of allylic oxidation sites excluding steroid dienone is 3. The first kappa shape index (κ1) is 12.4. The van der Waals surface area contributed by atoms with Crippen molar-refractivity contribution in [1.82, 2.24) is 0 Å². The fourth-order valence-corrected chi connectivity index (χ4v) is 1.06. The molecule has 0 radical (unpaired) electrons. The molecule has 3 heteroatoms. The Hall–Kier alpha value is -1.56. The Morgan fingerprint density at radius 3 is 1.93 bits per heavy atom. The van der Waals surface area contributed by atoms with Crippen LogP contribution < -0.4 is 0 Å². The number of esters is 1. The summed E-state index contributed by atoms with van der Waals surface area (Å²) in [7, 11) is 1.33. The second-order valence-electron chi connectivity index (χ2n) is 3.23. The van der Waals surface area contributed by atoms with Gasteiger partial charge >= 0.3 is 5.97 Å². The summed E-state index contributed by atoms with van der Waals surface area (Å²) in [5.74, 6) is -0.392. The van der Waals surface area contributed by atoms with Crippen LogP contribution >= 0.6 is 0 Å². The minimum absolute atomic E-state index is 0.392. The molecule has 0 aromatic carbocycles. The van der Waals surface area contributed by atoms with E-state index in [-0.39, 0.29) is 0 Å². The fraction of sp³-hybridized carbons (Fsp3) is 0.455. The van der Waals surface area contributed by atoms with Gasteiger partial charge in [0.05, 0.1) is 18.8 Å². The molecule has 0 fully saturated rings. The molecular formula is C11H15NO2. The summed E-state index contributed by atoms with van der Waals surface area (Å²) in [5, 5.41) is 8.88. The second kappa shape index (κ2) is 5.23. The average molecular weight is 193 g/mol. The van der Waals surface area contributed by atoms with Crippen molar-refractivity contribution < 1.29 is 9.53 Å². The average Bonchev–Trinajstić information content (AvgIpc) is 2.15. The number of nitrogens with zero attached hydrogens (tertiary/aromatic N) is 1. The Balaban J connectivity index is 5.32. The van der Waals surface area contributed by atoms with Crippen molar-refractivity contribution in [2.45, 2.75) is 27.7 Å². The van der Waals surface area contributed by atoms with Gasteiger partial charge in [0.15, 0.2) is 0 Å². The molecule has 76 valence electrons. The third-order valence-corrected chi connectivity index (χ3v) is 2.04. The molecule has 0 heterocycles. The Bertz CT molecular complexity index is 339. The summed E-state index contributed by atoms with van der Waals surface area (Å²) >= 11 is 0. The van der Waals surface area contributed by atoms with Crippen molar-refractivity contribution >= 4 is 5.97 Å². The van der Waals surface area contributed by atoms with E-state index in [0.29, 0.717) is 16.7 Å². The van der Waals surface area contributed by atoms with Crippen LogP contribution in [0.4, 0.5) is 0 Å². The molecule has 0 saturated heterocycles. The van der Waals surface area contributed by atoms with Crippen molar-refractivity contribution in [3.8, 4) is 6.07 Å². The lowest BCUT2D eigenvalue weighted by molar-refractivity contribution is -0.136. The van der Waals surface area contributed by atoms with Gasteiger partial charge in [-0.05, 0) is 33.3 Å². The van der Waals surface area contributed by atoms with Crippen molar-refractivity contribution in [3.63, 3.8) is 0 Å². The Morgan fingerprint density at radius 1 is 1.14 bits per heavy atom. The number of hydrogen-bond acceptors (Lipinski definition) is 3. The highest BCUT2D eigenvalue weighted by Gasteiger charge is 2.11. The Morgan fingerprint density at radius 2 is 1.64 bits per heavy atom. The van der Waals surface area contributed by atoms with E-state index in [1.54, 1.807) is 13.8 Å². The molecule has 0 aliphatic rings. The number of carbonyl (C=O) groups excluding carboxylic acids is 1. The fourth-order valence-electron chi connectivity index (χ4n) is 1.06. The molecule has 0 saturated carbocycles. The third kappa shape index (κ3) is 2.74. The summed E-state index contributed by atoms with van der Waals surface area (Å²) in [5.41, 5.74) is 2.60. The predicted molar refractivity (Wildman–Crippen MR) is 54.4 cm³/mol. The summed E-state index contributed by atoms with van der Waals surface area (Å²) in [6.07, 6.45) is 0. The molecule has 0 spiro atoms. The number of carbonyl (C=O) groups is 1. The maximum atomic E-state index is 11.2. The quantitative estimate of drug-likeness (QED) is 0.293. The number of methoxy groups -OCH3 is 1. The van der Waals surface area contributed by atoms with Crippen LogP contribution in [0.25, 0.3) is 0 Å². The van der Waals surface area contributed by atoms with Crippen LogP contribution in [-0.4, -0.2) is 13.1 Å². The van der Waals surface area contributed by atoms with E-state index in [4.69, 9.17) is 5.26 Å². The van der Waals surface area contributed by atoms with Gasteiger partial charge in [0.1, 0.15) is 0 Å². The van der Waals surface area contributed by atoms with E-state index >= 15 is 0 Å². The summed E-state index contributed by atoms with van der Waals surface area (Å²) in [6, 6.07) is 2.08. The predicted octanol–water partition coefficient (Wildman–Crippen LogP) is 2.36. The third-order valence-electron chi connectivity index (χ3n) is 2.04. The number of ether oxygens (including phenoxy) is 1. The summed E-state index contributed by atoms with van der Waals surface area (Å²) < 4.78 is 4.58. The summed E-state index contributed by atoms with van der Waals surface area (Å²) in [4.78, 5) is 11.2. The normalized spacial score (nSPS) is 11.1. The van der Waals surface area contributed by atoms with Crippen molar-refractivity contribution in [2.75, 3.05) is 7.11 Å². The molecule has 0 rings (SSSR count). The van der Waals surface area contributed by atoms with Gasteiger partial charge < -0.3 is 4.74 Å². The molecule has 14 heavy (non-hydrogen) atoms. The van der Waals surface area contributed by atoms with E-state index in [1.165, 1.54) is 7.11 Å². The van der Waals surface area contributed by atoms with Gasteiger partial charge in [0.25, 0.3) is 0 Å². The van der Waals surface area contributed by atoms with Gasteiger partial charge in [-0.15, -0.1) is 0 Å². The van der Waals surface area contributed by atoms with Gasteiger partial charge in [-0.2, -0.15) is 5.26 Å². The van der Waals surface area contributed by atoms with E-state index in [1.807, 2.05) is 13.8 Å². The number of hydrogen-bond donors (Lipinski definition) is 0. The zero-order valence-corrected chi connectivity index (χ0v) is 9.26. The number of nitriles is 1. The maximum Gasteiger partial charge on any atom is 0.333 e. The molecule has 0 aromatic heterocycles. The molecule has 0 amide bonds. The molecule has 0 bridgehead atoms. The topological polar surface area (TPSA) is 50.1 Å². The SMILES string of the molecule is COC(=O)/C(C)=C(\C)C(C#N)=C(C)C. The van der Waals surface area contributed by atoms with E-state index in [2.05, 4.69) is 10.8 Å². The molecule has 0 aliphatic carbocycles. The molecule has 0 atom stereocenters. The first-order chi connectivity index (χ1) is 6.45. The molecule has 0 aromatic rings. The standard InChI is InChI=1S/C11H15NO2/c1-7(2)10(6-12)8(3)9(4)11(13)14-5/h1-5H3/b9-8+. The highest BCUT2D eigenvalue weighted by molar-refractivity contribution is 5.89. The maximum absolute atomic E-state index is 11.2. The largest absolute Gasteiger partial charge is 0.466 e. The van der Waals surface area contributed by atoms with Crippen molar-refractivity contribution in [2.24, 2.45) is 0 Å². The smallest absolute Gasteiger partial charge is 0.333 e. The zero-order valence-electron chi connectivity index (χ0n) is 9.26. The molecular weight excluding hydrogens is 178 g/mol. The van der Waals surface area contributed by atoms with Crippen LogP contribution in [0, 0.1) is 11.3 Å². The highest BCUT2D eigenvalue weighted by Crippen LogP contribution is 2.17. The molecule has 0 N–H and O–H groups in total. The lowest BCUT2D eigenvalue weighted by atomic mass is 10.00. The van der Waals surface area contributed by atoms with Crippen LogP contribution in [0.3, 0.4) is 0 Å². The van der Waals surface area contributed by atoms with Gasteiger partial charge in [0.2, 0.25) is 0 Å². The van der Waals surface area contributed by atoms with E-state index in [9.17, 15) is 4.79 Å². The lowest BCUT2D eigenvalue weighted by Crippen LogP contribution is -2.05. The first-order valence-corrected chi connectivity index (χ1v) is 4.29. The lowest BCUT2D eigenvalue weighted by Gasteiger charge is -2.06. The van der Waals surface area contributed by atoms with Gasteiger partial charge in [-0.3, -0.25) is 0 Å². The molecule has 0 unspecified atom stereocenters. The second-order valence-corrected chi connectivity index (χ2v) is 3.23. The minimum Gasteiger partial charge on any atom is -0.466 e. The van der Waals surface area contributed by atoms with Crippen molar-refractivity contribution in [3.05, 3.63) is 22.3 Å². The van der Waals surface area contributed by atoms with Crippen molar-refractivity contribution in [1.29, 1.82) is 5.26 Å². The minimum atomic E-state index is -0.392. The zero-order chi connectivity index (χ0) is 11.3. The Kier molecular flexibility index (Phi) is 4.65. The monoisotopic (exact) mass is 193 g/mol. The van der Waals surface area contributed by atoms with Crippen LogP contribution in [-0.2, 0) is 9.53 Å². The Labute approximate surface area is 84.7 Å². The number of rotatable bonds is 2. The van der Waals surface area contributed by atoms with Crippen LogP contribution in [0.2, 0.25) is 0 Å². The van der Waals surface area contributed by atoms with Crippen LogP contribution in [0.1, 0.15) is 27.7 Å². The molecule has 0 aliphatic heterocycles. The van der Waals surface area contributed by atoms with E-state index in [0.717, 1.165) is 5.57 Å². The highest BCUT2D eigenvalue weighted by atomic mass is 16.5. The van der Waals surface area contributed by atoms with E-state index < -0.39 is 5.97 Å². The molecule has 3 nitrogen and oxygen atoms in total. The van der Waals surface area contributed by atoms with Gasteiger partial charge in [-0.25, -0.2) is 4.79 Å². The van der Waals surface area contributed by atoms with Gasteiger partial charge in [-0.1, -0.05) is 5.57 Å². The van der Waals surface area contributed by atoms with Gasteiger partial charge in [0, 0.05) is 5.57 Å².